The van der Waals surface area contributed by atoms with Crippen molar-refractivity contribution in [1.29, 1.82) is 0 Å². The van der Waals surface area contributed by atoms with Crippen LogP contribution in [-0.4, -0.2) is 41.1 Å². The van der Waals surface area contributed by atoms with Gasteiger partial charge in [0.25, 0.3) is 0 Å². The van der Waals surface area contributed by atoms with Gasteiger partial charge in [0.05, 0.1) is 6.33 Å². The van der Waals surface area contributed by atoms with Crippen molar-refractivity contribution in [3.8, 4) is 0 Å². The summed E-state index contributed by atoms with van der Waals surface area (Å²) >= 11 is 0. The first kappa shape index (κ1) is 13.5. The normalized spacial score (nSPS) is 10.2. The van der Waals surface area contributed by atoms with E-state index in [2.05, 4.69) is 14.9 Å². The van der Waals surface area contributed by atoms with E-state index >= 15 is 0 Å². The van der Waals surface area contributed by atoms with E-state index in [0.717, 1.165) is 32.4 Å². The number of hydrogen-bond donors (Lipinski definition) is 1. The maximum absolute atomic E-state index is 11.2. The number of imidazole rings is 1. The van der Waals surface area contributed by atoms with Crippen molar-refractivity contribution in [2.45, 2.75) is 32.2 Å². The minimum Gasteiger partial charge on any atom is -0.338 e. The topological polar surface area (TPSA) is 50.2 Å². The van der Waals surface area contributed by atoms with Crippen LogP contribution in [0.5, 0.6) is 0 Å². The summed E-state index contributed by atoms with van der Waals surface area (Å²) in [5.74, 6) is 0. The lowest BCUT2D eigenvalue weighted by molar-refractivity contribution is 0.217. The maximum Gasteiger partial charge on any atom is 0.316 e. The SMILES string of the molecule is CN(C)C(=O)NCCCCCCn1ccnc1. The van der Waals surface area contributed by atoms with E-state index in [0.29, 0.717) is 0 Å². The Balaban J connectivity index is 1.89. The zero-order valence-corrected chi connectivity index (χ0v) is 10.7. The van der Waals surface area contributed by atoms with Gasteiger partial charge in [-0.1, -0.05) is 12.8 Å². The number of hydrogen-bond acceptors (Lipinski definition) is 2. The number of urea groups is 1. The fourth-order valence-electron chi connectivity index (χ4n) is 1.55. The van der Waals surface area contributed by atoms with Crippen LogP contribution >= 0.6 is 0 Å². The second-order valence-electron chi connectivity index (χ2n) is 4.34. The number of unbranched alkanes of at least 4 members (excludes halogenated alkanes) is 3. The molecule has 1 aromatic rings. The predicted molar refractivity (Wildman–Crippen MR) is 67.8 cm³/mol. The number of carbonyl (C=O) groups is 1. The van der Waals surface area contributed by atoms with Crippen LogP contribution in [0.15, 0.2) is 18.7 Å². The molecule has 1 heterocycles. The van der Waals surface area contributed by atoms with Gasteiger partial charge in [0.15, 0.2) is 0 Å². The van der Waals surface area contributed by atoms with E-state index in [1.54, 1.807) is 25.2 Å². The third-order valence-electron chi connectivity index (χ3n) is 2.58. The minimum atomic E-state index is -0.0107. The smallest absolute Gasteiger partial charge is 0.316 e. The van der Waals surface area contributed by atoms with Gasteiger partial charge in [-0.2, -0.15) is 0 Å². The van der Waals surface area contributed by atoms with Crippen molar-refractivity contribution >= 4 is 6.03 Å². The van der Waals surface area contributed by atoms with Crippen LogP contribution in [0.3, 0.4) is 0 Å². The fraction of sp³-hybridized carbons (Fsp3) is 0.667. The molecule has 17 heavy (non-hydrogen) atoms. The first-order chi connectivity index (χ1) is 8.20. The van der Waals surface area contributed by atoms with E-state index in [1.165, 1.54) is 6.42 Å². The number of nitrogens with zero attached hydrogens (tertiary/aromatic N) is 3. The minimum absolute atomic E-state index is 0.0107. The van der Waals surface area contributed by atoms with E-state index < -0.39 is 0 Å². The zero-order chi connectivity index (χ0) is 12.5. The Kier molecular flexibility index (Phi) is 6.14. The van der Waals surface area contributed by atoms with E-state index in [9.17, 15) is 4.79 Å². The van der Waals surface area contributed by atoms with Gasteiger partial charge in [-0.25, -0.2) is 9.78 Å². The molecule has 0 spiro atoms. The van der Waals surface area contributed by atoms with Crippen LogP contribution < -0.4 is 5.32 Å². The molecule has 1 rings (SSSR count). The summed E-state index contributed by atoms with van der Waals surface area (Å²) in [6, 6.07) is -0.0107. The lowest BCUT2D eigenvalue weighted by atomic mass is 10.2. The lowest BCUT2D eigenvalue weighted by Crippen LogP contribution is -2.34. The van der Waals surface area contributed by atoms with Crippen LogP contribution in [0.2, 0.25) is 0 Å². The molecule has 0 atom stereocenters. The molecule has 0 radical (unpaired) electrons. The fourth-order valence-corrected chi connectivity index (χ4v) is 1.55. The van der Waals surface area contributed by atoms with Gasteiger partial charge in [0, 0.05) is 39.6 Å². The largest absolute Gasteiger partial charge is 0.338 e. The Labute approximate surface area is 103 Å². The molecule has 5 nitrogen and oxygen atoms in total. The third-order valence-corrected chi connectivity index (χ3v) is 2.58. The van der Waals surface area contributed by atoms with Crippen molar-refractivity contribution in [3.63, 3.8) is 0 Å². The molecule has 0 fully saturated rings. The first-order valence-electron chi connectivity index (χ1n) is 6.11. The number of aryl methyl sites for hydroxylation is 1. The number of nitrogens with one attached hydrogen (secondary N) is 1. The molecule has 0 aliphatic carbocycles. The van der Waals surface area contributed by atoms with Crippen molar-refractivity contribution in [2.24, 2.45) is 0 Å². The van der Waals surface area contributed by atoms with Gasteiger partial charge in [-0.15, -0.1) is 0 Å². The molecule has 0 unspecified atom stereocenters. The highest BCUT2D eigenvalue weighted by Crippen LogP contribution is 2.01. The molecule has 1 N–H and O–H groups in total. The first-order valence-corrected chi connectivity index (χ1v) is 6.11. The van der Waals surface area contributed by atoms with Gasteiger partial charge in [0.2, 0.25) is 0 Å². The van der Waals surface area contributed by atoms with E-state index in [1.807, 2.05) is 12.5 Å². The molecular weight excluding hydrogens is 216 g/mol. The standard InChI is InChI=1S/C12H22N4O/c1-15(2)12(17)14-7-5-3-4-6-9-16-10-8-13-11-16/h8,10-11H,3-7,9H2,1-2H3,(H,14,17). The van der Waals surface area contributed by atoms with Crippen LogP contribution in [0, 0.1) is 0 Å². The average molecular weight is 238 g/mol. The molecule has 0 aromatic carbocycles. The molecule has 0 aliphatic rings. The quantitative estimate of drug-likeness (QED) is 0.735. The molecule has 0 bridgehead atoms. The second-order valence-corrected chi connectivity index (χ2v) is 4.34. The number of carbonyl (C=O) groups excluding carboxylic acids is 1. The van der Waals surface area contributed by atoms with Crippen molar-refractivity contribution < 1.29 is 4.79 Å². The molecule has 0 aliphatic heterocycles. The van der Waals surface area contributed by atoms with Crippen molar-refractivity contribution in [3.05, 3.63) is 18.7 Å². The Morgan fingerprint density at radius 2 is 2.06 bits per heavy atom. The van der Waals surface area contributed by atoms with Crippen LogP contribution in [-0.2, 0) is 6.54 Å². The molecule has 0 saturated heterocycles. The van der Waals surface area contributed by atoms with Gasteiger partial charge < -0.3 is 14.8 Å². The highest BCUT2D eigenvalue weighted by Gasteiger charge is 2.00. The Morgan fingerprint density at radius 1 is 1.29 bits per heavy atom. The molecule has 5 heteroatoms. The summed E-state index contributed by atoms with van der Waals surface area (Å²) in [5, 5.41) is 2.86. The maximum atomic E-state index is 11.2. The predicted octanol–water partition coefficient (Wildman–Crippen LogP) is 1.71. The van der Waals surface area contributed by atoms with Gasteiger partial charge >= 0.3 is 6.03 Å². The summed E-state index contributed by atoms with van der Waals surface area (Å²) < 4.78 is 2.09. The Morgan fingerprint density at radius 3 is 2.71 bits per heavy atom. The Hall–Kier alpha value is -1.52. The molecule has 1 aromatic heterocycles. The van der Waals surface area contributed by atoms with E-state index in [4.69, 9.17) is 0 Å². The summed E-state index contributed by atoms with van der Waals surface area (Å²) in [4.78, 5) is 16.7. The van der Waals surface area contributed by atoms with Crippen LogP contribution in [0.25, 0.3) is 0 Å². The second kappa shape index (κ2) is 7.70. The lowest BCUT2D eigenvalue weighted by Gasteiger charge is -2.11. The Bertz CT molecular complexity index is 308. The van der Waals surface area contributed by atoms with Crippen molar-refractivity contribution in [1.82, 2.24) is 19.8 Å². The number of aromatic nitrogens is 2. The molecule has 96 valence electrons. The molecule has 2 amide bonds. The highest BCUT2D eigenvalue weighted by molar-refractivity contribution is 5.73. The van der Waals surface area contributed by atoms with Gasteiger partial charge in [-0.05, 0) is 12.8 Å². The van der Waals surface area contributed by atoms with Crippen LogP contribution in [0.4, 0.5) is 4.79 Å². The zero-order valence-electron chi connectivity index (χ0n) is 10.7. The van der Waals surface area contributed by atoms with Gasteiger partial charge in [-0.3, -0.25) is 0 Å². The summed E-state index contributed by atoms with van der Waals surface area (Å²) in [6.45, 7) is 1.80. The van der Waals surface area contributed by atoms with Gasteiger partial charge in [0.1, 0.15) is 0 Å². The summed E-state index contributed by atoms with van der Waals surface area (Å²) in [7, 11) is 3.50. The summed E-state index contributed by atoms with van der Waals surface area (Å²) in [5.41, 5.74) is 0. The number of amides is 2. The molecule has 0 saturated carbocycles. The monoisotopic (exact) mass is 238 g/mol. The van der Waals surface area contributed by atoms with Crippen LogP contribution in [0.1, 0.15) is 25.7 Å². The van der Waals surface area contributed by atoms with E-state index in [-0.39, 0.29) is 6.03 Å². The molecular formula is C12H22N4O. The number of rotatable bonds is 7. The highest BCUT2D eigenvalue weighted by atomic mass is 16.2. The average Bonchev–Trinajstić information content (AvgIpc) is 2.80. The summed E-state index contributed by atoms with van der Waals surface area (Å²) in [6.07, 6.45) is 10.2. The van der Waals surface area contributed by atoms with Crippen molar-refractivity contribution in [2.75, 3.05) is 20.6 Å². The third kappa shape index (κ3) is 5.94.